The van der Waals surface area contributed by atoms with Crippen LogP contribution in [0.4, 0.5) is 0 Å². The number of para-hydroxylation sites is 1. The smallest absolute Gasteiger partial charge is 0.163 e. The van der Waals surface area contributed by atoms with Crippen molar-refractivity contribution in [3.05, 3.63) is 66.9 Å². The Morgan fingerprint density at radius 3 is 2.50 bits per heavy atom. The zero-order valence-corrected chi connectivity index (χ0v) is 12.2. The van der Waals surface area contributed by atoms with Crippen molar-refractivity contribution in [1.82, 2.24) is 9.97 Å². The first-order valence-electron chi connectivity index (χ1n) is 7.15. The van der Waals surface area contributed by atoms with Crippen LogP contribution in [0.5, 0.6) is 5.75 Å². The van der Waals surface area contributed by atoms with Crippen molar-refractivity contribution in [2.45, 2.75) is 0 Å². The van der Waals surface area contributed by atoms with Gasteiger partial charge in [-0.2, -0.15) is 0 Å². The van der Waals surface area contributed by atoms with Crippen LogP contribution >= 0.6 is 0 Å². The summed E-state index contributed by atoms with van der Waals surface area (Å²) in [5, 5.41) is 3.36. The molecule has 0 amide bonds. The molecule has 4 rings (SSSR count). The van der Waals surface area contributed by atoms with Gasteiger partial charge in [-0.1, -0.05) is 48.5 Å². The maximum Gasteiger partial charge on any atom is 0.163 e. The molecule has 0 aliphatic heterocycles. The lowest BCUT2D eigenvalue weighted by Crippen LogP contribution is -1.94. The van der Waals surface area contributed by atoms with Crippen LogP contribution in [0, 0.1) is 0 Å². The molecule has 0 bridgehead atoms. The van der Waals surface area contributed by atoms with Gasteiger partial charge in [0.05, 0.1) is 18.2 Å². The highest BCUT2D eigenvalue weighted by atomic mass is 16.5. The van der Waals surface area contributed by atoms with E-state index >= 15 is 0 Å². The van der Waals surface area contributed by atoms with E-state index in [0.717, 1.165) is 27.6 Å². The molecular weight excluding hydrogens is 272 g/mol. The molecule has 0 aliphatic rings. The van der Waals surface area contributed by atoms with E-state index in [1.54, 1.807) is 7.11 Å². The van der Waals surface area contributed by atoms with Crippen molar-refractivity contribution >= 4 is 21.7 Å². The summed E-state index contributed by atoms with van der Waals surface area (Å²) in [6, 6.07) is 20.2. The van der Waals surface area contributed by atoms with Gasteiger partial charge in [-0.15, -0.1) is 0 Å². The summed E-state index contributed by atoms with van der Waals surface area (Å²) in [6.45, 7) is 0. The SMILES string of the molecule is COc1ccccc1-c1ncc2ccc3ccccc3c2n1. The highest BCUT2D eigenvalue weighted by molar-refractivity contribution is 6.05. The molecule has 0 N–H and O–H groups in total. The third-order valence-corrected chi connectivity index (χ3v) is 3.82. The van der Waals surface area contributed by atoms with E-state index in [1.165, 1.54) is 5.39 Å². The van der Waals surface area contributed by atoms with E-state index in [9.17, 15) is 0 Å². The number of benzene rings is 3. The second kappa shape index (κ2) is 5.11. The fourth-order valence-electron chi connectivity index (χ4n) is 2.73. The lowest BCUT2D eigenvalue weighted by molar-refractivity contribution is 0.416. The number of rotatable bonds is 2. The topological polar surface area (TPSA) is 35.0 Å². The molecule has 4 aromatic rings. The lowest BCUT2D eigenvalue weighted by Gasteiger charge is -2.08. The fraction of sp³-hybridized carbons (Fsp3) is 0.0526. The Labute approximate surface area is 128 Å². The highest BCUT2D eigenvalue weighted by Crippen LogP contribution is 2.29. The molecule has 0 aliphatic carbocycles. The van der Waals surface area contributed by atoms with Gasteiger partial charge in [-0.25, -0.2) is 9.97 Å². The van der Waals surface area contributed by atoms with E-state index in [2.05, 4.69) is 29.2 Å². The van der Waals surface area contributed by atoms with Crippen LogP contribution in [0.15, 0.2) is 66.9 Å². The van der Waals surface area contributed by atoms with Crippen molar-refractivity contribution in [2.24, 2.45) is 0 Å². The average molecular weight is 286 g/mol. The molecule has 3 nitrogen and oxygen atoms in total. The molecule has 0 radical (unpaired) electrons. The average Bonchev–Trinajstić information content (AvgIpc) is 2.61. The first-order valence-corrected chi connectivity index (χ1v) is 7.15. The lowest BCUT2D eigenvalue weighted by atomic mass is 10.1. The van der Waals surface area contributed by atoms with Crippen LogP contribution in [0.1, 0.15) is 0 Å². The van der Waals surface area contributed by atoms with Crippen molar-refractivity contribution in [2.75, 3.05) is 7.11 Å². The van der Waals surface area contributed by atoms with Gasteiger partial charge < -0.3 is 4.74 Å². The molecule has 3 heteroatoms. The maximum atomic E-state index is 5.42. The molecule has 1 heterocycles. The van der Waals surface area contributed by atoms with Gasteiger partial charge in [-0.05, 0) is 17.5 Å². The van der Waals surface area contributed by atoms with Crippen molar-refractivity contribution in [3.8, 4) is 17.1 Å². The summed E-state index contributed by atoms with van der Waals surface area (Å²) in [5.41, 5.74) is 1.87. The molecular formula is C19H14N2O. The van der Waals surface area contributed by atoms with Gasteiger partial charge in [0.15, 0.2) is 5.82 Å². The summed E-state index contributed by atoms with van der Waals surface area (Å²) in [5.74, 6) is 1.46. The summed E-state index contributed by atoms with van der Waals surface area (Å²) in [6.07, 6.45) is 1.87. The largest absolute Gasteiger partial charge is 0.496 e. The summed E-state index contributed by atoms with van der Waals surface area (Å²) >= 11 is 0. The molecule has 0 fully saturated rings. The van der Waals surface area contributed by atoms with Gasteiger partial charge in [-0.3, -0.25) is 0 Å². The number of methoxy groups -OCH3 is 1. The Morgan fingerprint density at radius 2 is 1.59 bits per heavy atom. The Hall–Kier alpha value is -2.94. The van der Waals surface area contributed by atoms with Gasteiger partial charge in [0.1, 0.15) is 5.75 Å². The second-order valence-corrected chi connectivity index (χ2v) is 5.12. The van der Waals surface area contributed by atoms with Gasteiger partial charge in [0.2, 0.25) is 0 Å². The Balaban J connectivity index is 2.02. The number of ether oxygens (including phenoxy) is 1. The maximum absolute atomic E-state index is 5.42. The molecule has 106 valence electrons. The fourth-order valence-corrected chi connectivity index (χ4v) is 2.73. The minimum Gasteiger partial charge on any atom is -0.496 e. The minimum atomic E-state index is 0.682. The van der Waals surface area contributed by atoms with Crippen LogP contribution in [0.25, 0.3) is 33.1 Å². The zero-order chi connectivity index (χ0) is 14.9. The molecule has 0 atom stereocenters. The third kappa shape index (κ3) is 1.99. The second-order valence-electron chi connectivity index (χ2n) is 5.12. The van der Waals surface area contributed by atoms with Crippen molar-refractivity contribution in [1.29, 1.82) is 0 Å². The molecule has 0 saturated heterocycles. The molecule has 0 saturated carbocycles. The van der Waals surface area contributed by atoms with Crippen LogP contribution in [0.2, 0.25) is 0 Å². The van der Waals surface area contributed by atoms with Gasteiger partial charge >= 0.3 is 0 Å². The summed E-state index contributed by atoms with van der Waals surface area (Å²) in [7, 11) is 1.66. The zero-order valence-electron chi connectivity index (χ0n) is 12.2. The van der Waals surface area contributed by atoms with Crippen LogP contribution in [-0.4, -0.2) is 17.1 Å². The first kappa shape index (κ1) is 12.8. The molecule has 22 heavy (non-hydrogen) atoms. The number of fused-ring (bicyclic) bond motifs is 3. The van der Waals surface area contributed by atoms with E-state index in [1.807, 2.05) is 42.6 Å². The van der Waals surface area contributed by atoms with Gasteiger partial charge in [0, 0.05) is 17.0 Å². The normalized spacial score (nSPS) is 11.0. The minimum absolute atomic E-state index is 0.682. The number of hydrogen-bond donors (Lipinski definition) is 0. The number of nitrogens with zero attached hydrogens (tertiary/aromatic N) is 2. The third-order valence-electron chi connectivity index (χ3n) is 3.82. The van der Waals surface area contributed by atoms with Crippen LogP contribution in [0.3, 0.4) is 0 Å². The van der Waals surface area contributed by atoms with E-state index in [0.29, 0.717) is 5.82 Å². The quantitative estimate of drug-likeness (QED) is 0.510. The summed E-state index contributed by atoms with van der Waals surface area (Å²) < 4.78 is 5.42. The summed E-state index contributed by atoms with van der Waals surface area (Å²) in [4.78, 5) is 9.29. The monoisotopic (exact) mass is 286 g/mol. The van der Waals surface area contributed by atoms with E-state index in [4.69, 9.17) is 9.72 Å². The predicted molar refractivity (Wildman–Crippen MR) is 89.0 cm³/mol. The van der Waals surface area contributed by atoms with Crippen molar-refractivity contribution in [3.63, 3.8) is 0 Å². The standard InChI is InChI=1S/C19H14N2O/c1-22-17-9-5-4-8-16(17)19-20-12-14-11-10-13-6-2-3-7-15(13)18(14)21-19/h2-12H,1H3. The molecule has 1 aromatic heterocycles. The molecule has 0 spiro atoms. The van der Waals surface area contributed by atoms with Crippen molar-refractivity contribution < 1.29 is 4.74 Å². The predicted octanol–water partition coefficient (Wildman–Crippen LogP) is 4.46. The van der Waals surface area contributed by atoms with Crippen LogP contribution < -0.4 is 4.74 Å². The highest BCUT2D eigenvalue weighted by Gasteiger charge is 2.10. The first-order chi connectivity index (χ1) is 10.9. The Kier molecular flexibility index (Phi) is 2.97. The molecule has 0 unspecified atom stereocenters. The van der Waals surface area contributed by atoms with Crippen LogP contribution in [-0.2, 0) is 0 Å². The van der Waals surface area contributed by atoms with E-state index < -0.39 is 0 Å². The number of aromatic nitrogens is 2. The Morgan fingerprint density at radius 1 is 0.818 bits per heavy atom. The molecule has 3 aromatic carbocycles. The Bertz CT molecular complexity index is 979. The van der Waals surface area contributed by atoms with Gasteiger partial charge in [0.25, 0.3) is 0 Å². The van der Waals surface area contributed by atoms with E-state index in [-0.39, 0.29) is 0 Å². The number of hydrogen-bond acceptors (Lipinski definition) is 3.